The van der Waals surface area contributed by atoms with Crippen molar-refractivity contribution in [3.05, 3.63) is 29.3 Å². The number of aryl methyl sites for hydroxylation is 1. The van der Waals surface area contributed by atoms with E-state index in [1.807, 2.05) is 6.92 Å². The molecule has 0 saturated carbocycles. The highest BCUT2D eigenvalue weighted by molar-refractivity contribution is 7.89. The van der Waals surface area contributed by atoms with E-state index >= 15 is 0 Å². The minimum absolute atomic E-state index is 0.0297. The number of carbonyl (C=O) groups excluding carboxylic acids is 1. The van der Waals surface area contributed by atoms with Gasteiger partial charge in [0.05, 0.1) is 17.6 Å². The molecule has 0 aliphatic rings. The lowest BCUT2D eigenvalue weighted by molar-refractivity contribution is 0.0600. The number of primary sulfonamides is 1. The van der Waals surface area contributed by atoms with Crippen LogP contribution in [0, 0.1) is 0 Å². The Kier molecular flexibility index (Phi) is 3.66. The molecule has 0 aliphatic heterocycles. The average Bonchev–Trinajstić information content (AvgIpc) is 2.26. The zero-order valence-electron chi connectivity index (χ0n) is 9.06. The predicted octanol–water partition coefficient (Wildman–Crippen LogP) is 0.683. The Balaban J connectivity index is 3.39. The van der Waals surface area contributed by atoms with Crippen LogP contribution in [0.15, 0.2) is 23.1 Å². The summed E-state index contributed by atoms with van der Waals surface area (Å²) in [6.07, 6.45) is 0.521. The molecule has 16 heavy (non-hydrogen) atoms. The number of hydrogen-bond acceptors (Lipinski definition) is 4. The Morgan fingerprint density at radius 1 is 1.44 bits per heavy atom. The molecule has 0 fully saturated rings. The number of carbonyl (C=O) groups is 1. The first-order valence-electron chi connectivity index (χ1n) is 4.64. The molecule has 88 valence electrons. The molecule has 2 N–H and O–H groups in total. The van der Waals surface area contributed by atoms with Crippen LogP contribution in [-0.4, -0.2) is 21.5 Å². The molecule has 0 spiro atoms. The van der Waals surface area contributed by atoms with E-state index < -0.39 is 16.0 Å². The highest BCUT2D eigenvalue weighted by Gasteiger charge is 2.16. The summed E-state index contributed by atoms with van der Waals surface area (Å²) in [5.74, 6) is -0.590. The SMILES string of the molecule is CCc1ccc(C(=O)OC)cc1S(N)(=O)=O. The summed E-state index contributed by atoms with van der Waals surface area (Å²) in [5, 5.41) is 5.06. The number of methoxy groups -OCH3 is 1. The first kappa shape index (κ1) is 12.7. The molecule has 1 aromatic carbocycles. The summed E-state index contributed by atoms with van der Waals surface area (Å²) >= 11 is 0. The van der Waals surface area contributed by atoms with Gasteiger partial charge in [0, 0.05) is 0 Å². The third kappa shape index (κ3) is 2.59. The van der Waals surface area contributed by atoms with Crippen LogP contribution >= 0.6 is 0 Å². The topological polar surface area (TPSA) is 86.5 Å². The lowest BCUT2D eigenvalue weighted by atomic mass is 10.1. The van der Waals surface area contributed by atoms with Gasteiger partial charge in [-0.25, -0.2) is 18.4 Å². The molecular formula is C10H13NO4S. The molecule has 0 heterocycles. The Bertz CT molecular complexity index is 508. The fourth-order valence-electron chi connectivity index (χ4n) is 1.36. The van der Waals surface area contributed by atoms with E-state index in [-0.39, 0.29) is 10.5 Å². The van der Waals surface area contributed by atoms with Crippen LogP contribution in [0.25, 0.3) is 0 Å². The minimum Gasteiger partial charge on any atom is -0.465 e. The smallest absolute Gasteiger partial charge is 0.337 e. The number of sulfonamides is 1. The lowest BCUT2D eigenvalue weighted by Crippen LogP contribution is -2.15. The zero-order valence-corrected chi connectivity index (χ0v) is 9.87. The number of esters is 1. The van der Waals surface area contributed by atoms with Crippen molar-refractivity contribution >= 4 is 16.0 Å². The van der Waals surface area contributed by atoms with Gasteiger partial charge in [0.25, 0.3) is 0 Å². The van der Waals surface area contributed by atoms with Crippen molar-refractivity contribution in [3.8, 4) is 0 Å². The molecular weight excluding hydrogens is 230 g/mol. The monoisotopic (exact) mass is 243 g/mol. The number of ether oxygens (including phenoxy) is 1. The van der Waals surface area contributed by atoms with E-state index in [1.165, 1.54) is 19.2 Å². The maximum absolute atomic E-state index is 11.3. The summed E-state index contributed by atoms with van der Waals surface area (Å²) in [4.78, 5) is 11.2. The van der Waals surface area contributed by atoms with Crippen LogP contribution < -0.4 is 5.14 Å². The molecule has 0 unspecified atom stereocenters. The van der Waals surface area contributed by atoms with Crippen molar-refractivity contribution in [2.75, 3.05) is 7.11 Å². The molecule has 1 aromatic rings. The maximum atomic E-state index is 11.3. The minimum atomic E-state index is -3.82. The van der Waals surface area contributed by atoms with Crippen molar-refractivity contribution in [3.63, 3.8) is 0 Å². The second kappa shape index (κ2) is 4.63. The van der Waals surface area contributed by atoms with Crippen LogP contribution in [0.5, 0.6) is 0 Å². The standard InChI is InChI=1S/C10H13NO4S/c1-3-7-4-5-8(10(12)15-2)6-9(7)16(11,13)14/h4-6H,3H2,1-2H3,(H2,11,13,14). The number of rotatable bonds is 3. The first-order valence-corrected chi connectivity index (χ1v) is 6.18. The molecule has 0 atom stereocenters. The molecule has 0 amide bonds. The van der Waals surface area contributed by atoms with Crippen molar-refractivity contribution < 1.29 is 17.9 Å². The Labute approximate surface area is 94.3 Å². The second-order valence-electron chi connectivity index (χ2n) is 3.21. The van der Waals surface area contributed by atoms with Crippen molar-refractivity contribution in [1.82, 2.24) is 0 Å². The molecule has 0 aliphatic carbocycles. The third-order valence-electron chi connectivity index (χ3n) is 2.18. The highest BCUT2D eigenvalue weighted by atomic mass is 32.2. The molecule has 1 rings (SSSR count). The van der Waals surface area contributed by atoms with Crippen LogP contribution in [0.2, 0.25) is 0 Å². The highest BCUT2D eigenvalue weighted by Crippen LogP contribution is 2.17. The quantitative estimate of drug-likeness (QED) is 0.791. The first-order chi connectivity index (χ1) is 7.40. The largest absolute Gasteiger partial charge is 0.465 e. The third-order valence-corrected chi connectivity index (χ3v) is 3.17. The summed E-state index contributed by atoms with van der Waals surface area (Å²) in [6.45, 7) is 1.81. The molecule has 5 nitrogen and oxygen atoms in total. The zero-order chi connectivity index (χ0) is 12.3. The van der Waals surface area contributed by atoms with Gasteiger partial charge >= 0.3 is 5.97 Å². The molecule has 0 aromatic heterocycles. The number of benzene rings is 1. The lowest BCUT2D eigenvalue weighted by Gasteiger charge is -2.07. The Hall–Kier alpha value is -1.40. The van der Waals surface area contributed by atoms with Crippen LogP contribution in [-0.2, 0) is 21.2 Å². The summed E-state index contributed by atoms with van der Waals surface area (Å²) in [5.41, 5.74) is 0.749. The molecule has 0 radical (unpaired) electrons. The maximum Gasteiger partial charge on any atom is 0.337 e. The van der Waals surface area contributed by atoms with E-state index in [0.717, 1.165) is 0 Å². The average molecular weight is 243 g/mol. The van der Waals surface area contributed by atoms with Crippen molar-refractivity contribution in [2.45, 2.75) is 18.2 Å². The molecule has 6 heteroatoms. The van der Waals surface area contributed by atoms with Gasteiger partial charge in [-0.3, -0.25) is 0 Å². The normalized spacial score (nSPS) is 11.2. The predicted molar refractivity (Wildman–Crippen MR) is 58.5 cm³/mol. The number of nitrogens with two attached hydrogens (primary N) is 1. The Morgan fingerprint density at radius 2 is 2.06 bits per heavy atom. The van der Waals surface area contributed by atoms with Gasteiger partial charge in [-0.2, -0.15) is 0 Å². The van der Waals surface area contributed by atoms with E-state index in [2.05, 4.69) is 4.74 Å². The van der Waals surface area contributed by atoms with Gasteiger partial charge in [0.1, 0.15) is 0 Å². The summed E-state index contributed by atoms with van der Waals surface area (Å²) in [7, 11) is -2.59. The van der Waals surface area contributed by atoms with Crippen molar-refractivity contribution in [2.24, 2.45) is 5.14 Å². The van der Waals surface area contributed by atoms with E-state index in [0.29, 0.717) is 12.0 Å². The van der Waals surface area contributed by atoms with Gasteiger partial charge < -0.3 is 4.74 Å². The van der Waals surface area contributed by atoms with Crippen molar-refractivity contribution in [1.29, 1.82) is 0 Å². The molecule has 0 bridgehead atoms. The van der Waals surface area contributed by atoms with Gasteiger partial charge in [0.2, 0.25) is 10.0 Å². The summed E-state index contributed by atoms with van der Waals surface area (Å²) in [6, 6.07) is 4.31. The van der Waals surface area contributed by atoms with Crippen LogP contribution in [0.1, 0.15) is 22.8 Å². The number of hydrogen-bond donors (Lipinski definition) is 1. The second-order valence-corrected chi connectivity index (χ2v) is 4.74. The fraction of sp³-hybridized carbons (Fsp3) is 0.300. The van der Waals surface area contributed by atoms with Gasteiger partial charge in [-0.15, -0.1) is 0 Å². The van der Waals surface area contributed by atoms with E-state index in [1.54, 1.807) is 6.07 Å². The van der Waals surface area contributed by atoms with E-state index in [9.17, 15) is 13.2 Å². The van der Waals surface area contributed by atoms with Crippen LogP contribution in [0.3, 0.4) is 0 Å². The van der Waals surface area contributed by atoms with Gasteiger partial charge in [-0.05, 0) is 24.1 Å². The van der Waals surface area contributed by atoms with Crippen LogP contribution in [0.4, 0.5) is 0 Å². The summed E-state index contributed by atoms with van der Waals surface area (Å²) < 4.78 is 27.1. The molecule has 0 saturated heterocycles. The fourth-order valence-corrected chi connectivity index (χ4v) is 2.23. The van der Waals surface area contributed by atoms with Gasteiger partial charge in [0.15, 0.2) is 0 Å². The Morgan fingerprint density at radius 3 is 2.50 bits per heavy atom. The van der Waals surface area contributed by atoms with Gasteiger partial charge in [-0.1, -0.05) is 13.0 Å². The van der Waals surface area contributed by atoms with E-state index in [4.69, 9.17) is 5.14 Å².